The number of fused-ring (bicyclic) bond motifs is 3. The Morgan fingerprint density at radius 1 is 1.00 bits per heavy atom. The van der Waals surface area contributed by atoms with Crippen molar-refractivity contribution in [1.29, 1.82) is 0 Å². The number of esters is 1. The van der Waals surface area contributed by atoms with E-state index in [1.54, 1.807) is 6.92 Å². The average Bonchev–Trinajstić information content (AvgIpc) is 3.13. The van der Waals surface area contributed by atoms with Crippen molar-refractivity contribution in [3.8, 4) is 11.1 Å². The van der Waals surface area contributed by atoms with E-state index in [0.29, 0.717) is 12.8 Å². The molecule has 1 unspecified atom stereocenters. The molecule has 0 bridgehead atoms. The molecule has 1 saturated carbocycles. The van der Waals surface area contributed by atoms with Gasteiger partial charge in [-0.15, -0.1) is 0 Å². The number of rotatable bonds is 9. The summed E-state index contributed by atoms with van der Waals surface area (Å²) < 4.78 is 10.4. The molecule has 9 nitrogen and oxygen atoms in total. The van der Waals surface area contributed by atoms with E-state index in [9.17, 15) is 24.3 Å². The Morgan fingerprint density at radius 3 is 2.11 bits per heavy atom. The number of aliphatic carboxylic acids is 1. The molecule has 4 rings (SSSR count). The summed E-state index contributed by atoms with van der Waals surface area (Å²) >= 11 is 0. The lowest BCUT2D eigenvalue weighted by Gasteiger charge is -2.42. The van der Waals surface area contributed by atoms with Crippen LogP contribution in [0.4, 0.5) is 4.79 Å². The van der Waals surface area contributed by atoms with Crippen LogP contribution in [0.5, 0.6) is 0 Å². The molecule has 184 valence electrons. The van der Waals surface area contributed by atoms with E-state index >= 15 is 0 Å². The predicted molar refractivity (Wildman–Crippen MR) is 126 cm³/mol. The molecule has 0 aliphatic heterocycles. The summed E-state index contributed by atoms with van der Waals surface area (Å²) in [5.74, 6) is -3.00. The van der Waals surface area contributed by atoms with Gasteiger partial charge >= 0.3 is 18.0 Å². The second kappa shape index (κ2) is 10.2. The highest BCUT2D eigenvalue weighted by atomic mass is 16.6. The standard InChI is InChI=1S/C26H28N2O7/c1-2-34-24(32)22(23(31)28-26(12-7-13-26)14-21(29)30)27-25(33)35-15-20-18-10-5-3-8-16(18)17-9-4-6-11-19(17)20/h3-6,8-11,20,22H,2,7,12-15H2,1H3,(H,27,33)(H,28,31)(H,29,30). The highest BCUT2D eigenvalue weighted by molar-refractivity contribution is 6.04. The van der Waals surface area contributed by atoms with Crippen molar-refractivity contribution in [2.45, 2.75) is 50.1 Å². The Balaban J connectivity index is 1.44. The Kier molecular flexibility index (Phi) is 7.04. The number of carboxylic acid groups (broad SMARTS) is 1. The summed E-state index contributed by atoms with van der Waals surface area (Å²) in [5, 5.41) is 14.1. The lowest BCUT2D eigenvalue weighted by Crippen LogP contribution is -2.61. The van der Waals surface area contributed by atoms with Crippen molar-refractivity contribution in [2.24, 2.45) is 0 Å². The first kappa shape index (κ1) is 24.3. The van der Waals surface area contributed by atoms with Gasteiger partial charge < -0.3 is 19.9 Å². The first-order valence-corrected chi connectivity index (χ1v) is 11.7. The molecular formula is C26H28N2O7. The van der Waals surface area contributed by atoms with Crippen LogP contribution >= 0.6 is 0 Å². The van der Waals surface area contributed by atoms with Gasteiger partial charge in [0.2, 0.25) is 6.04 Å². The van der Waals surface area contributed by atoms with E-state index in [1.807, 2.05) is 48.5 Å². The molecule has 2 amide bonds. The molecule has 35 heavy (non-hydrogen) atoms. The fourth-order valence-corrected chi connectivity index (χ4v) is 4.79. The number of benzene rings is 2. The molecule has 1 fully saturated rings. The summed E-state index contributed by atoms with van der Waals surface area (Å²) in [7, 11) is 0. The molecule has 0 heterocycles. The molecule has 0 aromatic heterocycles. The predicted octanol–water partition coefficient (Wildman–Crippen LogP) is 2.97. The number of hydrogen-bond acceptors (Lipinski definition) is 6. The maximum absolute atomic E-state index is 12.9. The van der Waals surface area contributed by atoms with Gasteiger partial charge in [0.15, 0.2) is 0 Å². The van der Waals surface area contributed by atoms with E-state index in [4.69, 9.17) is 9.47 Å². The van der Waals surface area contributed by atoms with Gasteiger partial charge in [-0.2, -0.15) is 0 Å². The number of carbonyl (C=O) groups excluding carboxylic acids is 3. The van der Waals surface area contributed by atoms with E-state index in [0.717, 1.165) is 28.7 Å². The minimum absolute atomic E-state index is 0.00918. The number of carbonyl (C=O) groups is 4. The van der Waals surface area contributed by atoms with Crippen LogP contribution in [0, 0.1) is 0 Å². The average molecular weight is 481 g/mol. The largest absolute Gasteiger partial charge is 0.481 e. The fourth-order valence-electron chi connectivity index (χ4n) is 4.79. The van der Waals surface area contributed by atoms with Crippen LogP contribution < -0.4 is 10.6 Å². The Bertz CT molecular complexity index is 1100. The van der Waals surface area contributed by atoms with Crippen molar-refractivity contribution >= 4 is 23.9 Å². The summed E-state index contributed by atoms with van der Waals surface area (Å²) in [6.45, 7) is 1.60. The van der Waals surface area contributed by atoms with Crippen LogP contribution in [0.1, 0.15) is 49.7 Å². The summed E-state index contributed by atoms with van der Waals surface area (Å²) in [4.78, 5) is 49.2. The maximum atomic E-state index is 12.9. The van der Waals surface area contributed by atoms with Gasteiger partial charge in [-0.25, -0.2) is 9.59 Å². The van der Waals surface area contributed by atoms with Gasteiger partial charge in [-0.3, -0.25) is 14.9 Å². The molecule has 9 heteroatoms. The SMILES string of the molecule is CCOC(=O)C(NC(=O)OCC1c2ccccc2-c2ccccc21)C(=O)NC1(CC(=O)O)CCC1. The number of hydrogen-bond donors (Lipinski definition) is 3. The minimum Gasteiger partial charge on any atom is -0.481 e. The number of amides is 2. The molecule has 0 spiro atoms. The molecule has 2 aliphatic rings. The van der Waals surface area contributed by atoms with E-state index < -0.39 is 35.5 Å². The molecule has 1 atom stereocenters. The molecule has 2 aromatic rings. The van der Waals surface area contributed by atoms with E-state index in [-0.39, 0.29) is 25.6 Å². The Labute approximate surface area is 202 Å². The van der Waals surface area contributed by atoms with Gasteiger partial charge in [-0.05, 0) is 48.4 Å². The molecule has 3 N–H and O–H groups in total. The Hall–Kier alpha value is -3.88. The summed E-state index contributed by atoms with van der Waals surface area (Å²) in [6.07, 6.45) is 0.509. The van der Waals surface area contributed by atoms with Crippen molar-refractivity contribution in [1.82, 2.24) is 10.6 Å². The summed E-state index contributed by atoms with van der Waals surface area (Å²) in [5.41, 5.74) is 3.27. The fraction of sp³-hybridized carbons (Fsp3) is 0.385. The lowest BCUT2D eigenvalue weighted by molar-refractivity contribution is -0.149. The van der Waals surface area contributed by atoms with E-state index in [2.05, 4.69) is 10.6 Å². The van der Waals surface area contributed by atoms with Gasteiger partial charge in [0.05, 0.1) is 18.6 Å². The first-order valence-electron chi connectivity index (χ1n) is 11.7. The second-order valence-corrected chi connectivity index (χ2v) is 8.85. The number of alkyl carbamates (subject to hydrolysis) is 1. The molecule has 0 saturated heterocycles. The van der Waals surface area contributed by atoms with Crippen LogP contribution in [0.2, 0.25) is 0 Å². The first-order chi connectivity index (χ1) is 16.8. The number of nitrogens with one attached hydrogen (secondary N) is 2. The maximum Gasteiger partial charge on any atom is 0.408 e. The number of carboxylic acids is 1. The smallest absolute Gasteiger partial charge is 0.408 e. The normalized spacial score (nSPS) is 16.1. The third-order valence-corrected chi connectivity index (χ3v) is 6.58. The molecule has 2 aliphatic carbocycles. The highest BCUT2D eigenvalue weighted by Crippen LogP contribution is 2.44. The van der Waals surface area contributed by atoms with Gasteiger partial charge in [-0.1, -0.05) is 48.5 Å². The third-order valence-electron chi connectivity index (χ3n) is 6.58. The topological polar surface area (TPSA) is 131 Å². The van der Waals surface area contributed by atoms with Crippen molar-refractivity contribution < 1.29 is 33.8 Å². The zero-order chi connectivity index (χ0) is 25.0. The zero-order valence-corrected chi connectivity index (χ0v) is 19.4. The highest BCUT2D eigenvalue weighted by Gasteiger charge is 2.43. The third kappa shape index (κ3) is 5.13. The van der Waals surface area contributed by atoms with Crippen molar-refractivity contribution in [3.05, 3.63) is 59.7 Å². The van der Waals surface area contributed by atoms with Crippen LogP contribution in [-0.2, 0) is 23.9 Å². The Morgan fingerprint density at radius 2 is 1.60 bits per heavy atom. The zero-order valence-electron chi connectivity index (χ0n) is 19.4. The monoisotopic (exact) mass is 480 g/mol. The van der Waals surface area contributed by atoms with Crippen LogP contribution in [-0.4, -0.2) is 53.8 Å². The van der Waals surface area contributed by atoms with Gasteiger partial charge in [0.25, 0.3) is 5.91 Å². The molecule has 2 aromatic carbocycles. The lowest BCUT2D eigenvalue weighted by atomic mass is 9.74. The van der Waals surface area contributed by atoms with Crippen LogP contribution in [0.15, 0.2) is 48.5 Å². The van der Waals surface area contributed by atoms with Gasteiger partial charge in [0.1, 0.15) is 6.61 Å². The van der Waals surface area contributed by atoms with Crippen molar-refractivity contribution in [2.75, 3.05) is 13.2 Å². The molecular weight excluding hydrogens is 452 g/mol. The summed E-state index contributed by atoms with van der Waals surface area (Å²) in [6, 6.07) is 14.1. The van der Waals surface area contributed by atoms with E-state index in [1.165, 1.54) is 0 Å². The second-order valence-electron chi connectivity index (χ2n) is 8.85. The quantitative estimate of drug-likeness (QED) is 0.371. The van der Waals surface area contributed by atoms with Crippen molar-refractivity contribution in [3.63, 3.8) is 0 Å². The molecule has 0 radical (unpaired) electrons. The minimum atomic E-state index is -1.66. The number of ether oxygens (including phenoxy) is 2. The van der Waals surface area contributed by atoms with Crippen LogP contribution in [0.3, 0.4) is 0 Å². The van der Waals surface area contributed by atoms with Crippen LogP contribution in [0.25, 0.3) is 11.1 Å². The van der Waals surface area contributed by atoms with Gasteiger partial charge in [0, 0.05) is 5.92 Å².